The molecule has 86 valence electrons. The summed E-state index contributed by atoms with van der Waals surface area (Å²) in [5.74, 6) is 0.700. The minimum absolute atomic E-state index is 0.298. The smallest absolute Gasteiger partial charge is 0.225 e. The zero-order valence-corrected chi connectivity index (χ0v) is 11.7. The van der Waals surface area contributed by atoms with E-state index in [-0.39, 0.29) is 0 Å². The Balaban J connectivity index is 1.82. The Morgan fingerprint density at radius 2 is 1.80 bits per heavy atom. The molecule has 3 nitrogen and oxygen atoms in total. The molecule has 2 fully saturated rings. The van der Waals surface area contributed by atoms with Crippen LogP contribution in [0.2, 0.25) is 0 Å². The second-order valence-electron chi connectivity index (χ2n) is 5.54. The molecule has 0 unspecified atom stereocenters. The summed E-state index contributed by atoms with van der Waals surface area (Å²) in [4.78, 5) is 14.1. The minimum Gasteiger partial charge on any atom is -0.341 e. The predicted octanol–water partition coefficient (Wildman–Crippen LogP) is 1.92. The third-order valence-corrected chi connectivity index (χ3v) is 4.30. The van der Waals surface area contributed by atoms with Gasteiger partial charge in [0.15, 0.2) is 0 Å². The van der Waals surface area contributed by atoms with Crippen LogP contribution in [0.3, 0.4) is 0 Å². The Bertz CT molecular complexity index is 251. The van der Waals surface area contributed by atoms with E-state index < -0.39 is 0 Å². The molecule has 1 amide bonds. The van der Waals surface area contributed by atoms with Gasteiger partial charge in [-0.1, -0.05) is 13.8 Å². The quantitative estimate of drug-likeness (QED) is 0.544. The summed E-state index contributed by atoms with van der Waals surface area (Å²) < 4.78 is 2.28. The molecular formula is C11H19IN2O. The van der Waals surface area contributed by atoms with Crippen LogP contribution in [-0.4, -0.2) is 40.1 Å². The molecule has 0 aromatic heterocycles. The van der Waals surface area contributed by atoms with Crippen LogP contribution in [0.5, 0.6) is 0 Å². The molecule has 0 aromatic carbocycles. The molecule has 4 heteroatoms. The van der Waals surface area contributed by atoms with Gasteiger partial charge < -0.3 is 4.90 Å². The Morgan fingerprint density at radius 1 is 1.27 bits per heavy atom. The first-order valence-electron chi connectivity index (χ1n) is 5.67. The molecule has 2 aliphatic rings. The molecule has 2 aliphatic heterocycles. The maximum absolute atomic E-state index is 12.1. The van der Waals surface area contributed by atoms with E-state index in [1.165, 1.54) is 0 Å². The van der Waals surface area contributed by atoms with E-state index in [1.807, 2.05) is 4.90 Å². The molecule has 15 heavy (non-hydrogen) atoms. The van der Waals surface area contributed by atoms with Gasteiger partial charge in [-0.3, -0.25) is 4.79 Å². The standard InChI is InChI=1S/C11H19IN2O/c1-11(2)7-13(8-11)10(15)9-3-5-14(12)6-4-9/h9H,3-8H2,1-2H3. The third kappa shape index (κ3) is 2.64. The molecule has 0 radical (unpaired) electrons. The van der Waals surface area contributed by atoms with E-state index in [9.17, 15) is 4.79 Å². The SMILES string of the molecule is CC1(C)CN(C(=O)C2CCN(I)CC2)C1. The third-order valence-electron chi connectivity index (χ3n) is 3.34. The highest BCUT2D eigenvalue weighted by molar-refractivity contribution is 14.1. The number of hydrogen-bond donors (Lipinski definition) is 0. The lowest BCUT2D eigenvalue weighted by molar-refractivity contribution is -0.147. The molecule has 0 saturated carbocycles. The molecule has 2 saturated heterocycles. The zero-order valence-electron chi connectivity index (χ0n) is 9.50. The van der Waals surface area contributed by atoms with Crippen LogP contribution in [-0.2, 0) is 4.79 Å². The number of likely N-dealkylation sites (tertiary alicyclic amines) is 1. The Labute approximate surface area is 106 Å². The average molecular weight is 322 g/mol. The number of nitrogens with zero attached hydrogens (tertiary/aromatic N) is 2. The van der Waals surface area contributed by atoms with Crippen molar-refractivity contribution >= 4 is 28.8 Å². The first kappa shape index (κ1) is 11.6. The number of amides is 1. The van der Waals surface area contributed by atoms with Gasteiger partial charge in [0.25, 0.3) is 0 Å². The largest absolute Gasteiger partial charge is 0.341 e. The number of piperidine rings is 1. The average Bonchev–Trinajstić information content (AvgIpc) is 2.14. The highest BCUT2D eigenvalue weighted by Gasteiger charge is 2.39. The highest BCUT2D eigenvalue weighted by atomic mass is 127. The number of rotatable bonds is 1. The van der Waals surface area contributed by atoms with Crippen molar-refractivity contribution in [1.82, 2.24) is 8.01 Å². The van der Waals surface area contributed by atoms with Crippen LogP contribution in [0.4, 0.5) is 0 Å². The zero-order chi connectivity index (χ0) is 11.1. The molecule has 0 bridgehead atoms. The number of halogens is 1. The summed E-state index contributed by atoms with van der Waals surface area (Å²) >= 11 is 2.34. The van der Waals surface area contributed by atoms with Crippen molar-refractivity contribution in [1.29, 1.82) is 0 Å². The van der Waals surface area contributed by atoms with Crippen LogP contribution in [0.1, 0.15) is 26.7 Å². The Morgan fingerprint density at radius 3 is 2.27 bits per heavy atom. The van der Waals surface area contributed by atoms with Crippen molar-refractivity contribution in [3.63, 3.8) is 0 Å². The molecule has 2 heterocycles. The summed E-state index contributed by atoms with van der Waals surface area (Å²) in [5, 5.41) is 0. The number of hydrogen-bond acceptors (Lipinski definition) is 2. The van der Waals surface area contributed by atoms with E-state index in [0.29, 0.717) is 17.2 Å². The van der Waals surface area contributed by atoms with Crippen LogP contribution >= 0.6 is 22.9 Å². The number of carbonyl (C=O) groups excluding carboxylic acids is 1. The van der Waals surface area contributed by atoms with Gasteiger partial charge in [0.1, 0.15) is 0 Å². The van der Waals surface area contributed by atoms with E-state index in [1.54, 1.807) is 0 Å². The van der Waals surface area contributed by atoms with Crippen molar-refractivity contribution in [2.45, 2.75) is 26.7 Å². The lowest BCUT2D eigenvalue weighted by Gasteiger charge is -2.47. The van der Waals surface area contributed by atoms with Crippen molar-refractivity contribution in [3.8, 4) is 0 Å². The van der Waals surface area contributed by atoms with E-state index in [2.05, 4.69) is 39.8 Å². The monoisotopic (exact) mass is 322 g/mol. The van der Waals surface area contributed by atoms with Gasteiger partial charge in [0, 0.05) is 55.0 Å². The van der Waals surface area contributed by atoms with Crippen LogP contribution in [0.25, 0.3) is 0 Å². The summed E-state index contributed by atoms with van der Waals surface area (Å²) in [6.45, 7) is 8.49. The van der Waals surface area contributed by atoms with Gasteiger partial charge in [0.05, 0.1) is 0 Å². The van der Waals surface area contributed by atoms with Gasteiger partial charge in [0.2, 0.25) is 5.91 Å². The Hall–Kier alpha value is 0.160. The summed E-state index contributed by atoms with van der Waals surface area (Å²) in [6.07, 6.45) is 2.08. The fourth-order valence-electron chi connectivity index (χ4n) is 2.50. The molecule has 2 rings (SSSR count). The van der Waals surface area contributed by atoms with Crippen molar-refractivity contribution in [2.24, 2.45) is 11.3 Å². The Kier molecular flexibility index (Phi) is 3.26. The van der Waals surface area contributed by atoms with Crippen LogP contribution in [0.15, 0.2) is 0 Å². The lowest BCUT2D eigenvalue weighted by Crippen LogP contribution is -2.57. The minimum atomic E-state index is 0.298. The molecule has 0 aromatic rings. The van der Waals surface area contributed by atoms with Gasteiger partial charge in [-0.2, -0.15) is 0 Å². The van der Waals surface area contributed by atoms with Gasteiger partial charge in [-0.25, -0.2) is 3.11 Å². The fraction of sp³-hybridized carbons (Fsp3) is 0.909. The molecule has 0 atom stereocenters. The lowest BCUT2D eigenvalue weighted by atomic mass is 9.82. The second-order valence-corrected chi connectivity index (χ2v) is 6.91. The number of carbonyl (C=O) groups is 1. The van der Waals surface area contributed by atoms with Crippen molar-refractivity contribution < 1.29 is 4.79 Å². The predicted molar refractivity (Wildman–Crippen MR) is 68.7 cm³/mol. The fourth-order valence-corrected chi connectivity index (χ4v) is 3.05. The topological polar surface area (TPSA) is 23.6 Å². The summed E-state index contributed by atoms with van der Waals surface area (Å²) in [7, 11) is 0. The van der Waals surface area contributed by atoms with Crippen LogP contribution < -0.4 is 0 Å². The first-order chi connectivity index (χ1) is 6.98. The van der Waals surface area contributed by atoms with Gasteiger partial charge >= 0.3 is 0 Å². The van der Waals surface area contributed by atoms with Crippen molar-refractivity contribution in [2.75, 3.05) is 26.2 Å². The second kappa shape index (κ2) is 4.20. The van der Waals surface area contributed by atoms with Crippen LogP contribution in [0, 0.1) is 11.3 Å². The summed E-state index contributed by atoms with van der Waals surface area (Å²) in [5.41, 5.74) is 0.361. The highest BCUT2D eigenvalue weighted by Crippen LogP contribution is 2.32. The maximum atomic E-state index is 12.1. The maximum Gasteiger partial charge on any atom is 0.225 e. The summed E-state index contributed by atoms with van der Waals surface area (Å²) in [6, 6.07) is 0. The molecular weight excluding hydrogens is 303 g/mol. The van der Waals surface area contributed by atoms with E-state index in [4.69, 9.17) is 0 Å². The van der Waals surface area contributed by atoms with Gasteiger partial charge in [-0.05, 0) is 18.3 Å². The molecule has 0 aliphatic carbocycles. The van der Waals surface area contributed by atoms with Crippen molar-refractivity contribution in [3.05, 3.63) is 0 Å². The van der Waals surface area contributed by atoms with E-state index >= 15 is 0 Å². The van der Waals surface area contributed by atoms with Gasteiger partial charge in [-0.15, -0.1) is 0 Å². The normalized spacial score (nSPS) is 27.5. The first-order valence-corrected chi connectivity index (χ1v) is 6.64. The van der Waals surface area contributed by atoms with E-state index in [0.717, 1.165) is 39.0 Å². The molecule has 0 N–H and O–H groups in total. The molecule has 0 spiro atoms.